The van der Waals surface area contributed by atoms with Crippen LogP contribution in [0.25, 0.3) is 0 Å². The molecular weight excluding hydrogens is 624 g/mol. The van der Waals surface area contributed by atoms with Gasteiger partial charge in [-0.2, -0.15) is 0 Å². The van der Waals surface area contributed by atoms with Gasteiger partial charge in [0, 0.05) is 12.8 Å². The van der Waals surface area contributed by atoms with E-state index in [1.165, 1.54) is 83.5 Å². The van der Waals surface area contributed by atoms with Crippen molar-refractivity contribution in [3.63, 3.8) is 0 Å². The maximum absolute atomic E-state index is 12.2. The minimum Gasteiger partial charge on any atom is -0.462 e. The van der Waals surface area contributed by atoms with Gasteiger partial charge in [-0.05, 0) is 63.7 Å². The lowest BCUT2D eigenvalue weighted by atomic mass is 10.0. The third-order valence-electron chi connectivity index (χ3n) is 8.97. The van der Waals surface area contributed by atoms with Crippen molar-refractivity contribution in [3.05, 3.63) is 48.6 Å². The van der Waals surface area contributed by atoms with Crippen molar-refractivity contribution in [2.75, 3.05) is 13.2 Å². The van der Waals surface area contributed by atoms with E-state index in [9.17, 15) is 19.8 Å². The van der Waals surface area contributed by atoms with Gasteiger partial charge in [0.1, 0.15) is 6.61 Å². The Morgan fingerprint density at radius 1 is 0.560 bits per heavy atom. The van der Waals surface area contributed by atoms with Crippen molar-refractivity contribution in [1.82, 2.24) is 0 Å². The summed E-state index contributed by atoms with van der Waals surface area (Å²) in [5.74, 6) is 0.176. The average molecular weight is 703 g/mol. The number of carbonyl (C=O) groups is 2. The summed E-state index contributed by atoms with van der Waals surface area (Å²) in [7, 11) is 0. The Bertz CT molecular complexity index is 874. The standard InChI is InChI=1S/C44H78O6/c1-4-41(46)35-31-27-23-19-15-11-8-9-12-16-20-24-28-32-36-43(47)49-39-42(38-45)50-44(48)37-33-29-25-21-17-13-7-5-6-10-14-18-22-26-30-34-40(2)3/h9,11-12,15,20,23-24,27,40-42,45-46H,4-8,10,13-14,16-19,21-22,25-26,28-39H2,1-3H3/b12-9-,15-11-,24-20-,27-23-/t41-,42-/m0/s1. The van der Waals surface area contributed by atoms with Crippen LogP contribution in [0.2, 0.25) is 0 Å². The summed E-state index contributed by atoms with van der Waals surface area (Å²) < 4.78 is 10.6. The number of rotatable bonds is 36. The summed E-state index contributed by atoms with van der Waals surface area (Å²) >= 11 is 0. The Balaban J connectivity index is 3.64. The fourth-order valence-corrected chi connectivity index (χ4v) is 5.65. The Labute approximate surface area is 308 Å². The largest absolute Gasteiger partial charge is 0.462 e. The first kappa shape index (κ1) is 47.8. The van der Waals surface area contributed by atoms with E-state index in [2.05, 4.69) is 62.5 Å². The number of aliphatic hydroxyl groups excluding tert-OH is 2. The molecule has 0 aromatic heterocycles. The van der Waals surface area contributed by atoms with E-state index in [0.29, 0.717) is 19.3 Å². The highest BCUT2D eigenvalue weighted by Crippen LogP contribution is 2.15. The second kappa shape index (κ2) is 38.1. The summed E-state index contributed by atoms with van der Waals surface area (Å²) in [5, 5.41) is 19.1. The molecule has 0 fully saturated rings. The summed E-state index contributed by atoms with van der Waals surface area (Å²) in [6.07, 6.45) is 44.1. The molecule has 0 saturated carbocycles. The third kappa shape index (κ3) is 37.1. The quantitative estimate of drug-likeness (QED) is 0.0383. The van der Waals surface area contributed by atoms with Crippen LogP contribution in [0, 0.1) is 5.92 Å². The van der Waals surface area contributed by atoms with Gasteiger partial charge in [-0.3, -0.25) is 9.59 Å². The molecule has 6 heteroatoms. The number of hydrogen-bond donors (Lipinski definition) is 2. The summed E-state index contributed by atoms with van der Waals surface area (Å²) in [5.41, 5.74) is 0. The predicted octanol–water partition coefficient (Wildman–Crippen LogP) is 11.8. The fraction of sp³-hybridized carbons (Fsp3) is 0.773. The molecule has 2 atom stereocenters. The van der Waals surface area contributed by atoms with E-state index in [0.717, 1.165) is 70.1 Å². The molecule has 0 aliphatic heterocycles. The first-order valence-corrected chi connectivity index (χ1v) is 20.6. The van der Waals surface area contributed by atoms with Gasteiger partial charge >= 0.3 is 11.9 Å². The van der Waals surface area contributed by atoms with Gasteiger partial charge in [0.2, 0.25) is 0 Å². The topological polar surface area (TPSA) is 93.1 Å². The van der Waals surface area contributed by atoms with Crippen LogP contribution < -0.4 is 0 Å². The molecule has 0 amide bonds. The molecule has 0 rings (SSSR count). The number of esters is 2. The Morgan fingerprint density at radius 3 is 1.48 bits per heavy atom. The maximum Gasteiger partial charge on any atom is 0.306 e. The SMILES string of the molecule is CC[C@H](O)CC/C=C\C/C=C\C/C=C\C/C=C\CCCC(=O)OC[C@H](CO)OC(=O)CCCCCCCCCCCCCCCCCC(C)C. The van der Waals surface area contributed by atoms with Gasteiger partial charge in [0.05, 0.1) is 12.7 Å². The van der Waals surface area contributed by atoms with Crippen molar-refractivity contribution >= 4 is 11.9 Å². The molecular formula is C44H78O6. The van der Waals surface area contributed by atoms with E-state index in [1.807, 2.05) is 6.92 Å². The average Bonchev–Trinajstić information content (AvgIpc) is 3.10. The Hall–Kier alpha value is -2.18. The lowest BCUT2D eigenvalue weighted by molar-refractivity contribution is -0.161. The van der Waals surface area contributed by atoms with E-state index < -0.39 is 6.10 Å². The Morgan fingerprint density at radius 2 is 1.00 bits per heavy atom. The molecule has 0 unspecified atom stereocenters. The number of aliphatic hydroxyl groups is 2. The van der Waals surface area contributed by atoms with E-state index in [-0.39, 0.29) is 31.3 Å². The monoisotopic (exact) mass is 703 g/mol. The molecule has 290 valence electrons. The molecule has 0 spiro atoms. The zero-order valence-electron chi connectivity index (χ0n) is 32.7. The molecule has 0 radical (unpaired) electrons. The van der Waals surface area contributed by atoms with Crippen molar-refractivity contribution in [2.45, 2.75) is 200 Å². The van der Waals surface area contributed by atoms with Gasteiger partial charge in [-0.25, -0.2) is 0 Å². The molecule has 0 aliphatic carbocycles. The van der Waals surface area contributed by atoms with Gasteiger partial charge in [-0.1, -0.05) is 166 Å². The third-order valence-corrected chi connectivity index (χ3v) is 8.97. The minimum atomic E-state index is -0.801. The molecule has 50 heavy (non-hydrogen) atoms. The molecule has 2 N–H and O–H groups in total. The second-order valence-electron chi connectivity index (χ2n) is 14.3. The van der Waals surface area contributed by atoms with E-state index >= 15 is 0 Å². The molecule has 0 aromatic carbocycles. The van der Waals surface area contributed by atoms with Gasteiger partial charge in [0.25, 0.3) is 0 Å². The molecule has 0 saturated heterocycles. The summed E-state index contributed by atoms with van der Waals surface area (Å²) in [6, 6.07) is 0. The number of carbonyl (C=O) groups excluding carboxylic acids is 2. The van der Waals surface area contributed by atoms with Crippen molar-refractivity contribution < 1.29 is 29.3 Å². The number of hydrogen-bond acceptors (Lipinski definition) is 6. The van der Waals surface area contributed by atoms with Gasteiger partial charge in [-0.15, -0.1) is 0 Å². The molecule has 0 aliphatic rings. The normalized spacial score (nSPS) is 13.4. The van der Waals surface area contributed by atoms with Gasteiger partial charge < -0.3 is 19.7 Å². The van der Waals surface area contributed by atoms with Crippen LogP contribution in [0.1, 0.15) is 188 Å². The summed E-state index contributed by atoms with van der Waals surface area (Å²) in [6.45, 7) is 6.17. The fourth-order valence-electron chi connectivity index (χ4n) is 5.65. The maximum atomic E-state index is 12.2. The van der Waals surface area contributed by atoms with Crippen LogP contribution in [-0.4, -0.2) is 47.6 Å². The van der Waals surface area contributed by atoms with Crippen molar-refractivity contribution in [3.8, 4) is 0 Å². The highest BCUT2D eigenvalue weighted by atomic mass is 16.6. The predicted molar refractivity (Wildman–Crippen MR) is 211 cm³/mol. The molecule has 0 bridgehead atoms. The van der Waals surface area contributed by atoms with E-state index in [4.69, 9.17) is 9.47 Å². The zero-order chi connectivity index (χ0) is 36.8. The summed E-state index contributed by atoms with van der Waals surface area (Å²) in [4.78, 5) is 24.3. The highest BCUT2D eigenvalue weighted by Gasteiger charge is 2.16. The number of unbranched alkanes of at least 4 members (excludes halogenated alkanes) is 15. The Kier molecular flexibility index (Phi) is 36.4. The lowest BCUT2D eigenvalue weighted by Gasteiger charge is -2.15. The molecule has 0 aromatic rings. The van der Waals surface area contributed by atoms with Crippen LogP contribution in [-0.2, 0) is 19.1 Å². The van der Waals surface area contributed by atoms with E-state index in [1.54, 1.807) is 0 Å². The van der Waals surface area contributed by atoms with Crippen molar-refractivity contribution in [2.24, 2.45) is 5.92 Å². The van der Waals surface area contributed by atoms with Crippen LogP contribution in [0.4, 0.5) is 0 Å². The van der Waals surface area contributed by atoms with Crippen LogP contribution in [0.5, 0.6) is 0 Å². The number of ether oxygens (including phenoxy) is 2. The van der Waals surface area contributed by atoms with Crippen LogP contribution >= 0.6 is 0 Å². The number of allylic oxidation sites excluding steroid dienone is 8. The zero-order valence-corrected chi connectivity index (χ0v) is 32.7. The second-order valence-corrected chi connectivity index (χ2v) is 14.3. The minimum absolute atomic E-state index is 0.103. The van der Waals surface area contributed by atoms with Crippen molar-refractivity contribution in [1.29, 1.82) is 0 Å². The van der Waals surface area contributed by atoms with Crippen LogP contribution in [0.3, 0.4) is 0 Å². The van der Waals surface area contributed by atoms with Crippen LogP contribution in [0.15, 0.2) is 48.6 Å². The first-order valence-electron chi connectivity index (χ1n) is 20.6. The first-order chi connectivity index (χ1) is 24.4. The lowest BCUT2D eigenvalue weighted by Crippen LogP contribution is -2.28. The molecule has 6 nitrogen and oxygen atoms in total. The highest BCUT2D eigenvalue weighted by molar-refractivity contribution is 5.70. The molecule has 0 heterocycles. The van der Waals surface area contributed by atoms with Gasteiger partial charge in [0.15, 0.2) is 6.10 Å². The smallest absolute Gasteiger partial charge is 0.306 e.